The monoisotopic (exact) mass is 271 g/mol. The molecule has 2 atom stereocenters. The van der Waals surface area contributed by atoms with Crippen molar-refractivity contribution in [1.29, 1.82) is 0 Å². The summed E-state index contributed by atoms with van der Waals surface area (Å²) in [6.07, 6.45) is 9.64. The van der Waals surface area contributed by atoms with Gasteiger partial charge < -0.3 is 5.32 Å². The van der Waals surface area contributed by atoms with E-state index in [-0.39, 0.29) is 0 Å². The van der Waals surface area contributed by atoms with Crippen LogP contribution in [0.4, 0.5) is 0 Å². The first-order valence-electron chi connectivity index (χ1n) is 8.17. The summed E-state index contributed by atoms with van der Waals surface area (Å²) in [7, 11) is 0. The Morgan fingerprint density at radius 1 is 1.10 bits per heavy atom. The first-order chi connectivity index (χ1) is 9.74. The van der Waals surface area contributed by atoms with Crippen molar-refractivity contribution in [3.05, 3.63) is 48.2 Å². The van der Waals surface area contributed by atoms with Crippen LogP contribution in [0.2, 0.25) is 0 Å². The van der Waals surface area contributed by atoms with Crippen molar-refractivity contribution in [1.82, 2.24) is 5.32 Å². The van der Waals surface area contributed by atoms with Crippen LogP contribution in [0, 0.1) is 11.8 Å². The van der Waals surface area contributed by atoms with Crippen LogP contribution in [0.5, 0.6) is 0 Å². The molecule has 20 heavy (non-hydrogen) atoms. The van der Waals surface area contributed by atoms with Crippen LogP contribution in [0.15, 0.2) is 42.6 Å². The molecular weight excluding hydrogens is 242 g/mol. The predicted molar refractivity (Wildman–Crippen MR) is 87.6 cm³/mol. The highest BCUT2D eigenvalue weighted by atomic mass is 14.9. The minimum atomic E-state index is 0.855. The zero-order chi connectivity index (χ0) is 14.2. The van der Waals surface area contributed by atoms with Crippen LogP contribution in [-0.4, -0.2) is 6.54 Å². The number of allylic oxidation sites excluding steroid dienone is 1. The van der Waals surface area contributed by atoms with Gasteiger partial charge in [0.1, 0.15) is 0 Å². The Labute approximate surface area is 124 Å². The first kappa shape index (κ1) is 15.2. The van der Waals surface area contributed by atoms with Gasteiger partial charge in [-0.05, 0) is 50.0 Å². The van der Waals surface area contributed by atoms with E-state index >= 15 is 0 Å². The molecule has 1 saturated carbocycles. The molecule has 1 aromatic rings. The van der Waals surface area contributed by atoms with Gasteiger partial charge in [-0.25, -0.2) is 0 Å². The Morgan fingerprint density at radius 3 is 2.55 bits per heavy atom. The van der Waals surface area contributed by atoms with Crippen LogP contribution < -0.4 is 5.32 Å². The van der Waals surface area contributed by atoms with E-state index in [1.807, 2.05) is 0 Å². The van der Waals surface area contributed by atoms with Gasteiger partial charge in [-0.15, -0.1) is 0 Å². The molecule has 2 rings (SSSR count). The number of rotatable bonds is 6. The normalized spacial score (nSPS) is 23.1. The van der Waals surface area contributed by atoms with Crippen LogP contribution in [0.3, 0.4) is 0 Å². The van der Waals surface area contributed by atoms with E-state index in [0.717, 1.165) is 24.1 Å². The van der Waals surface area contributed by atoms with E-state index in [4.69, 9.17) is 0 Å². The van der Waals surface area contributed by atoms with Crippen molar-refractivity contribution in [2.24, 2.45) is 11.8 Å². The zero-order valence-electron chi connectivity index (χ0n) is 12.9. The van der Waals surface area contributed by atoms with Crippen molar-refractivity contribution in [2.45, 2.75) is 51.9 Å². The lowest BCUT2D eigenvalue weighted by Crippen LogP contribution is -2.20. The fourth-order valence-corrected chi connectivity index (χ4v) is 3.28. The highest BCUT2D eigenvalue weighted by molar-refractivity contribution is 5.14. The van der Waals surface area contributed by atoms with E-state index in [1.165, 1.54) is 50.5 Å². The van der Waals surface area contributed by atoms with Crippen molar-refractivity contribution >= 4 is 0 Å². The topological polar surface area (TPSA) is 12.0 Å². The summed E-state index contributed by atoms with van der Waals surface area (Å²) in [4.78, 5) is 0. The maximum absolute atomic E-state index is 3.93. The summed E-state index contributed by atoms with van der Waals surface area (Å²) in [5, 5.41) is 3.42. The van der Waals surface area contributed by atoms with E-state index in [0.29, 0.717) is 0 Å². The molecule has 0 saturated heterocycles. The third-order valence-corrected chi connectivity index (χ3v) is 4.58. The number of nitrogens with one attached hydrogen (secondary N) is 1. The fourth-order valence-electron chi connectivity index (χ4n) is 3.28. The van der Waals surface area contributed by atoms with Crippen LogP contribution in [0.1, 0.15) is 51.0 Å². The molecule has 0 amide bonds. The molecule has 0 aliphatic heterocycles. The molecule has 1 aliphatic carbocycles. The summed E-state index contributed by atoms with van der Waals surface area (Å²) in [5.74, 6) is 1.79. The largest absolute Gasteiger partial charge is 0.389 e. The fraction of sp³-hybridized carbons (Fsp3) is 0.579. The lowest BCUT2D eigenvalue weighted by Gasteiger charge is -2.16. The van der Waals surface area contributed by atoms with Crippen LogP contribution in [0.25, 0.3) is 0 Å². The maximum Gasteiger partial charge on any atom is 0.0172 e. The van der Waals surface area contributed by atoms with Crippen LogP contribution >= 0.6 is 0 Å². The molecule has 0 spiro atoms. The van der Waals surface area contributed by atoms with Crippen molar-refractivity contribution in [2.75, 3.05) is 6.54 Å². The van der Waals surface area contributed by atoms with Crippen LogP contribution in [-0.2, 0) is 6.42 Å². The minimum Gasteiger partial charge on any atom is -0.389 e. The molecule has 1 N–H and O–H groups in total. The van der Waals surface area contributed by atoms with Gasteiger partial charge in [0.25, 0.3) is 0 Å². The first-order valence-corrected chi connectivity index (χ1v) is 8.17. The molecule has 0 bridgehead atoms. The second-order valence-corrected chi connectivity index (χ2v) is 6.43. The number of hydrogen-bond donors (Lipinski definition) is 1. The summed E-state index contributed by atoms with van der Waals surface area (Å²) >= 11 is 0. The molecule has 1 aliphatic rings. The average Bonchev–Trinajstić information content (AvgIpc) is 2.69. The van der Waals surface area contributed by atoms with Gasteiger partial charge in [-0.1, -0.05) is 56.2 Å². The summed E-state index contributed by atoms with van der Waals surface area (Å²) in [5.41, 5.74) is 2.60. The maximum atomic E-state index is 3.93. The quantitative estimate of drug-likeness (QED) is 0.723. The highest BCUT2D eigenvalue weighted by Gasteiger charge is 2.18. The SMILES string of the molecule is C=C(C)NCC1CCCC(CCc2ccccc2)CC1. The number of hydrogen-bond acceptors (Lipinski definition) is 1. The molecular formula is C19H29N. The molecule has 110 valence electrons. The van der Waals surface area contributed by atoms with Gasteiger partial charge >= 0.3 is 0 Å². The lowest BCUT2D eigenvalue weighted by atomic mass is 9.92. The van der Waals surface area contributed by atoms with Gasteiger partial charge in [0.2, 0.25) is 0 Å². The smallest absolute Gasteiger partial charge is 0.0172 e. The Bertz CT molecular complexity index is 395. The van der Waals surface area contributed by atoms with Gasteiger partial charge in [0.15, 0.2) is 0 Å². The minimum absolute atomic E-state index is 0.855. The molecule has 1 fully saturated rings. The van der Waals surface area contributed by atoms with Gasteiger partial charge in [-0.3, -0.25) is 0 Å². The van der Waals surface area contributed by atoms with E-state index in [2.05, 4.69) is 49.2 Å². The van der Waals surface area contributed by atoms with Gasteiger partial charge in [0.05, 0.1) is 0 Å². The van der Waals surface area contributed by atoms with Crippen molar-refractivity contribution in [3.8, 4) is 0 Å². The second-order valence-electron chi connectivity index (χ2n) is 6.43. The third-order valence-electron chi connectivity index (χ3n) is 4.58. The molecule has 0 radical (unpaired) electrons. The Morgan fingerprint density at radius 2 is 1.80 bits per heavy atom. The molecule has 1 heteroatoms. The van der Waals surface area contributed by atoms with Crippen molar-refractivity contribution in [3.63, 3.8) is 0 Å². The third kappa shape index (κ3) is 5.40. The van der Waals surface area contributed by atoms with E-state index in [9.17, 15) is 0 Å². The molecule has 2 unspecified atom stereocenters. The molecule has 0 heterocycles. The Kier molecular flexibility index (Phi) is 6.17. The predicted octanol–water partition coefficient (Wildman–Crippen LogP) is 4.94. The number of aryl methyl sites for hydroxylation is 1. The summed E-state index contributed by atoms with van der Waals surface area (Å²) < 4.78 is 0. The Balaban J connectivity index is 1.71. The lowest BCUT2D eigenvalue weighted by molar-refractivity contribution is 0.405. The van der Waals surface area contributed by atoms with E-state index < -0.39 is 0 Å². The Hall–Kier alpha value is -1.24. The van der Waals surface area contributed by atoms with Gasteiger partial charge in [-0.2, -0.15) is 0 Å². The highest BCUT2D eigenvalue weighted by Crippen LogP contribution is 2.29. The standard InChI is InChI=1S/C19H29N/c1-16(2)20-15-19-10-6-9-18(13-14-19)12-11-17-7-4-3-5-8-17/h3-5,7-8,18-20H,1,6,9-15H2,2H3. The second kappa shape index (κ2) is 8.14. The molecule has 1 nitrogen and oxygen atoms in total. The number of benzene rings is 1. The summed E-state index contributed by atoms with van der Waals surface area (Å²) in [6.45, 7) is 7.11. The van der Waals surface area contributed by atoms with Crippen molar-refractivity contribution < 1.29 is 0 Å². The van der Waals surface area contributed by atoms with E-state index in [1.54, 1.807) is 0 Å². The van der Waals surface area contributed by atoms with Gasteiger partial charge in [0, 0.05) is 12.2 Å². The molecule has 0 aromatic heterocycles. The zero-order valence-corrected chi connectivity index (χ0v) is 12.9. The molecule has 1 aromatic carbocycles. The summed E-state index contributed by atoms with van der Waals surface area (Å²) in [6, 6.07) is 10.9. The average molecular weight is 271 g/mol.